The van der Waals surface area contributed by atoms with Crippen molar-refractivity contribution in [1.82, 2.24) is 20.1 Å². The molecule has 1 fully saturated rings. The number of amides is 2. The number of carbonyl (C=O) groups is 2. The second-order valence-electron chi connectivity index (χ2n) is 10.5. The molecule has 0 atom stereocenters. The van der Waals surface area contributed by atoms with Gasteiger partial charge in [-0.15, -0.1) is 0 Å². The minimum Gasteiger partial charge on any atom is -0.325 e. The van der Waals surface area contributed by atoms with Gasteiger partial charge in [0, 0.05) is 47.5 Å². The molecule has 43 heavy (non-hydrogen) atoms. The third-order valence-corrected chi connectivity index (χ3v) is 8.97. The van der Waals surface area contributed by atoms with E-state index in [0.717, 1.165) is 27.6 Å². The lowest BCUT2D eigenvalue weighted by Crippen LogP contribution is -2.39. The Bertz CT molecular complexity index is 1880. The number of aromatic nitrogens is 3. The summed E-state index contributed by atoms with van der Waals surface area (Å²) in [5.41, 5.74) is 3.57. The summed E-state index contributed by atoms with van der Waals surface area (Å²) in [5.74, 6) is 0.775. The number of aromatic amines is 1. The monoisotopic (exact) mass is 594 g/mol. The number of anilines is 2. The molecule has 4 aromatic carbocycles. The standard InChI is InChI=1S/C32H30N6O4S/c39-30(34-28-10-4-7-23-6-1-2-9-27(23)28)20-29-35-31(37-36-29)24-11-13-26(14-12-24)33-32(40)25-8-3-5-22(19-25)21-38-15-17-43(41,42)18-16-38/h1-14,19H,15-18,20-21H2,(H,33,40)(H,34,39)(H,35,36,37). The van der Waals surface area contributed by atoms with E-state index in [-0.39, 0.29) is 29.7 Å². The molecule has 0 bridgehead atoms. The van der Waals surface area contributed by atoms with Crippen LogP contribution in [0.1, 0.15) is 21.7 Å². The van der Waals surface area contributed by atoms with Crippen LogP contribution in [0.4, 0.5) is 11.4 Å². The molecule has 1 saturated heterocycles. The van der Waals surface area contributed by atoms with Crippen LogP contribution in [0.25, 0.3) is 22.2 Å². The van der Waals surface area contributed by atoms with Crippen molar-refractivity contribution < 1.29 is 18.0 Å². The number of hydrogen-bond donors (Lipinski definition) is 3. The third-order valence-electron chi connectivity index (χ3n) is 7.36. The average molecular weight is 595 g/mol. The summed E-state index contributed by atoms with van der Waals surface area (Å²) in [7, 11) is -2.94. The topological polar surface area (TPSA) is 137 Å². The van der Waals surface area contributed by atoms with Gasteiger partial charge in [-0.25, -0.2) is 13.4 Å². The van der Waals surface area contributed by atoms with Crippen molar-refractivity contribution in [3.8, 4) is 11.4 Å². The number of nitrogens with one attached hydrogen (secondary N) is 3. The molecule has 2 heterocycles. The number of rotatable bonds is 8. The van der Waals surface area contributed by atoms with Crippen LogP contribution in [0, 0.1) is 0 Å². The second-order valence-corrected chi connectivity index (χ2v) is 12.8. The van der Waals surface area contributed by atoms with E-state index in [9.17, 15) is 18.0 Å². The fraction of sp³-hybridized carbons (Fsp3) is 0.188. The molecule has 1 aromatic heterocycles. The molecular weight excluding hydrogens is 564 g/mol. The summed E-state index contributed by atoms with van der Waals surface area (Å²) >= 11 is 0. The van der Waals surface area contributed by atoms with Crippen molar-refractivity contribution in [3.63, 3.8) is 0 Å². The first-order valence-electron chi connectivity index (χ1n) is 13.9. The number of carbonyl (C=O) groups excluding carboxylic acids is 2. The van der Waals surface area contributed by atoms with Gasteiger partial charge in [0.2, 0.25) is 5.91 Å². The fourth-order valence-electron chi connectivity index (χ4n) is 5.07. The molecule has 11 heteroatoms. The minimum absolute atomic E-state index is 0.0420. The molecule has 0 spiro atoms. The average Bonchev–Trinajstić information content (AvgIpc) is 3.47. The van der Waals surface area contributed by atoms with Gasteiger partial charge in [0.15, 0.2) is 15.7 Å². The van der Waals surface area contributed by atoms with Crippen molar-refractivity contribution >= 4 is 43.8 Å². The maximum absolute atomic E-state index is 12.9. The summed E-state index contributed by atoms with van der Waals surface area (Å²) < 4.78 is 23.4. The molecule has 218 valence electrons. The van der Waals surface area contributed by atoms with E-state index in [4.69, 9.17) is 0 Å². The normalized spacial score (nSPS) is 14.8. The Labute approximate surface area is 249 Å². The Balaban J connectivity index is 1.04. The highest BCUT2D eigenvalue weighted by molar-refractivity contribution is 7.91. The van der Waals surface area contributed by atoms with Crippen molar-refractivity contribution in [2.75, 3.05) is 35.2 Å². The molecule has 0 unspecified atom stereocenters. The van der Waals surface area contributed by atoms with Gasteiger partial charge < -0.3 is 10.6 Å². The van der Waals surface area contributed by atoms with Gasteiger partial charge in [-0.3, -0.25) is 19.6 Å². The summed E-state index contributed by atoms with van der Waals surface area (Å²) in [5, 5.41) is 15.0. The highest BCUT2D eigenvalue weighted by Gasteiger charge is 2.21. The SMILES string of the molecule is O=C(Cc1nc(-c2ccc(NC(=O)c3cccc(CN4CCS(=O)(=O)CC4)c3)cc2)n[nH]1)Nc1cccc2ccccc12. The van der Waals surface area contributed by atoms with Crippen LogP contribution in [0.3, 0.4) is 0 Å². The number of fused-ring (bicyclic) bond motifs is 1. The quantitative estimate of drug-likeness (QED) is 0.244. The van der Waals surface area contributed by atoms with E-state index < -0.39 is 9.84 Å². The second kappa shape index (κ2) is 12.2. The van der Waals surface area contributed by atoms with Crippen LogP contribution in [0.5, 0.6) is 0 Å². The van der Waals surface area contributed by atoms with Crippen molar-refractivity contribution in [2.24, 2.45) is 0 Å². The van der Waals surface area contributed by atoms with Crippen LogP contribution >= 0.6 is 0 Å². The molecule has 2 amide bonds. The molecule has 0 radical (unpaired) electrons. The van der Waals surface area contributed by atoms with E-state index in [1.807, 2.05) is 60.7 Å². The van der Waals surface area contributed by atoms with Gasteiger partial charge in [-0.05, 0) is 53.4 Å². The Morgan fingerprint density at radius 2 is 1.60 bits per heavy atom. The highest BCUT2D eigenvalue weighted by atomic mass is 32.2. The zero-order valence-electron chi connectivity index (χ0n) is 23.3. The molecule has 5 aromatic rings. The predicted octanol–water partition coefficient (Wildman–Crippen LogP) is 4.29. The fourth-order valence-corrected chi connectivity index (χ4v) is 6.34. The number of H-pyrrole nitrogens is 1. The third kappa shape index (κ3) is 6.96. The molecule has 0 aliphatic carbocycles. The smallest absolute Gasteiger partial charge is 0.255 e. The van der Waals surface area contributed by atoms with Gasteiger partial charge >= 0.3 is 0 Å². The van der Waals surface area contributed by atoms with E-state index in [1.54, 1.807) is 30.3 Å². The number of nitrogens with zero attached hydrogens (tertiary/aromatic N) is 3. The molecule has 10 nitrogen and oxygen atoms in total. The Hall–Kier alpha value is -4.87. The lowest BCUT2D eigenvalue weighted by Gasteiger charge is -2.26. The maximum Gasteiger partial charge on any atom is 0.255 e. The Kier molecular flexibility index (Phi) is 7.99. The molecule has 6 rings (SSSR count). The predicted molar refractivity (Wildman–Crippen MR) is 166 cm³/mol. The van der Waals surface area contributed by atoms with E-state index >= 15 is 0 Å². The first-order chi connectivity index (χ1) is 20.8. The minimum atomic E-state index is -2.94. The molecule has 3 N–H and O–H groups in total. The zero-order valence-corrected chi connectivity index (χ0v) is 24.1. The van der Waals surface area contributed by atoms with E-state index in [0.29, 0.717) is 42.5 Å². The lowest BCUT2D eigenvalue weighted by molar-refractivity contribution is -0.115. The zero-order chi connectivity index (χ0) is 29.8. The number of sulfone groups is 1. The van der Waals surface area contributed by atoms with Gasteiger partial charge in [0.25, 0.3) is 5.91 Å². The summed E-state index contributed by atoms with van der Waals surface area (Å²) in [6.45, 7) is 1.58. The summed E-state index contributed by atoms with van der Waals surface area (Å²) in [6.07, 6.45) is 0.0420. The van der Waals surface area contributed by atoms with Crippen molar-refractivity contribution in [3.05, 3.63) is 108 Å². The first kappa shape index (κ1) is 28.3. The highest BCUT2D eigenvalue weighted by Crippen LogP contribution is 2.23. The Morgan fingerprint density at radius 3 is 2.42 bits per heavy atom. The molecule has 1 aliphatic rings. The van der Waals surface area contributed by atoms with Crippen LogP contribution < -0.4 is 10.6 Å². The van der Waals surface area contributed by atoms with E-state index in [2.05, 4.69) is 30.7 Å². The van der Waals surface area contributed by atoms with Crippen LogP contribution in [0.2, 0.25) is 0 Å². The summed E-state index contributed by atoms with van der Waals surface area (Å²) in [6, 6.07) is 28.1. The van der Waals surface area contributed by atoms with Crippen LogP contribution in [0.15, 0.2) is 91.0 Å². The first-order valence-corrected chi connectivity index (χ1v) is 15.8. The van der Waals surface area contributed by atoms with Crippen molar-refractivity contribution in [1.29, 1.82) is 0 Å². The number of benzene rings is 4. The Morgan fingerprint density at radius 1 is 0.860 bits per heavy atom. The maximum atomic E-state index is 12.9. The summed E-state index contributed by atoms with van der Waals surface area (Å²) in [4.78, 5) is 32.2. The van der Waals surface area contributed by atoms with Crippen LogP contribution in [-0.4, -0.2) is 64.9 Å². The molecule has 1 aliphatic heterocycles. The van der Waals surface area contributed by atoms with E-state index in [1.165, 1.54) is 0 Å². The van der Waals surface area contributed by atoms with Crippen LogP contribution in [-0.2, 0) is 27.6 Å². The van der Waals surface area contributed by atoms with Gasteiger partial charge in [-0.1, -0.05) is 48.5 Å². The molecule has 0 saturated carbocycles. The van der Waals surface area contributed by atoms with Gasteiger partial charge in [0.1, 0.15) is 5.82 Å². The van der Waals surface area contributed by atoms with Crippen molar-refractivity contribution in [2.45, 2.75) is 13.0 Å². The molecular formula is C32H30N6O4S. The number of hydrogen-bond acceptors (Lipinski definition) is 7. The largest absolute Gasteiger partial charge is 0.325 e. The van der Waals surface area contributed by atoms with Gasteiger partial charge in [-0.2, -0.15) is 5.10 Å². The lowest BCUT2D eigenvalue weighted by atomic mass is 10.1. The van der Waals surface area contributed by atoms with Gasteiger partial charge in [0.05, 0.1) is 17.9 Å².